The number of aliphatic imine (C=N–C) groups is 1. The first kappa shape index (κ1) is 20.0. The van der Waals surface area contributed by atoms with E-state index in [9.17, 15) is 0 Å². The molecular formula is C15H26IN3O2. The lowest BCUT2D eigenvalue weighted by atomic mass is 10.2. The minimum Gasteiger partial charge on any atom is -0.497 e. The average Bonchev–Trinajstić information content (AvgIpc) is 2.49. The summed E-state index contributed by atoms with van der Waals surface area (Å²) in [5.41, 5.74) is 1.15. The third-order valence-corrected chi connectivity index (χ3v) is 2.74. The van der Waals surface area contributed by atoms with Crippen molar-refractivity contribution in [1.82, 2.24) is 10.6 Å². The molecule has 1 rings (SSSR count). The molecule has 2 N–H and O–H groups in total. The second-order valence-corrected chi connectivity index (χ2v) is 4.32. The smallest absolute Gasteiger partial charge is 0.191 e. The number of ether oxygens (including phenoxy) is 2. The fourth-order valence-electron chi connectivity index (χ4n) is 1.67. The lowest BCUT2D eigenvalue weighted by molar-refractivity contribution is 0.195. The van der Waals surface area contributed by atoms with E-state index in [0.717, 1.165) is 43.4 Å². The van der Waals surface area contributed by atoms with Crippen LogP contribution in [0.3, 0.4) is 0 Å². The molecule has 0 aliphatic rings. The van der Waals surface area contributed by atoms with Crippen LogP contribution >= 0.6 is 24.0 Å². The fourth-order valence-corrected chi connectivity index (χ4v) is 1.67. The lowest BCUT2D eigenvalue weighted by Gasteiger charge is -2.11. The second kappa shape index (κ2) is 12.7. The van der Waals surface area contributed by atoms with Gasteiger partial charge in [0.1, 0.15) is 5.75 Å². The van der Waals surface area contributed by atoms with E-state index in [-0.39, 0.29) is 24.0 Å². The van der Waals surface area contributed by atoms with Gasteiger partial charge in [-0.1, -0.05) is 12.1 Å². The van der Waals surface area contributed by atoms with Crippen molar-refractivity contribution in [2.75, 3.05) is 33.9 Å². The second-order valence-electron chi connectivity index (χ2n) is 4.32. The first-order chi connectivity index (χ1) is 9.80. The molecule has 0 aliphatic heterocycles. The van der Waals surface area contributed by atoms with Crippen LogP contribution in [0.25, 0.3) is 0 Å². The van der Waals surface area contributed by atoms with Gasteiger partial charge in [-0.2, -0.15) is 0 Å². The zero-order chi connectivity index (χ0) is 14.6. The highest BCUT2D eigenvalue weighted by atomic mass is 127. The van der Waals surface area contributed by atoms with Crippen molar-refractivity contribution in [1.29, 1.82) is 0 Å². The number of benzene rings is 1. The Labute approximate surface area is 144 Å². The van der Waals surface area contributed by atoms with Crippen molar-refractivity contribution in [2.24, 2.45) is 4.99 Å². The van der Waals surface area contributed by atoms with Gasteiger partial charge in [-0.15, -0.1) is 24.0 Å². The average molecular weight is 407 g/mol. The van der Waals surface area contributed by atoms with Crippen molar-refractivity contribution < 1.29 is 9.47 Å². The quantitative estimate of drug-likeness (QED) is 0.301. The molecule has 0 heterocycles. The van der Waals surface area contributed by atoms with Crippen LogP contribution in [0.1, 0.15) is 18.9 Å². The third-order valence-electron chi connectivity index (χ3n) is 2.74. The number of guanidine groups is 1. The maximum atomic E-state index is 5.14. The van der Waals surface area contributed by atoms with Crippen LogP contribution in [0.5, 0.6) is 5.75 Å². The molecule has 5 nitrogen and oxygen atoms in total. The van der Waals surface area contributed by atoms with E-state index < -0.39 is 0 Å². The van der Waals surface area contributed by atoms with Crippen molar-refractivity contribution in [2.45, 2.75) is 19.9 Å². The standard InChI is InChI=1S/C15H25N3O2.HI/c1-4-16-15(17-10-5-11-19-2)18-12-13-6-8-14(20-3)9-7-13;/h6-9H,4-5,10-12H2,1-3H3,(H2,16,17,18);1H. The Morgan fingerprint density at radius 1 is 1.14 bits per heavy atom. The largest absolute Gasteiger partial charge is 0.497 e. The fraction of sp³-hybridized carbons (Fsp3) is 0.533. The Bertz CT molecular complexity index is 396. The normalized spacial score (nSPS) is 10.7. The van der Waals surface area contributed by atoms with Crippen LogP contribution in [-0.2, 0) is 11.3 Å². The van der Waals surface area contributed by atoms with Gasteiger partial charge in [0.25, 0.3) is 0 Å². The van der Waals surface area contributed by atoms with Crippen molar-refractivity contribution >= 4 is 29.9 Å². The van der Waals surface area contributed by atoms with E-state index in [4.69, 9.17) is 9.47 Å². The zero-order valence-corrected chi connectivity index (χ0v) is 15.3. The van der Waals surface area contributed by atoms with Gasteiger partial charge < -0.3 is 20.1 Å². The van der Waals surface area contributed by atoms with E-state index in [1.807, 2.05) is 24.3 Å². The van der Waals surface area contributed by atoms with E-state index in [0.29, 0.717) is 6.54 Å². The Kier molecular flexibility index (Phi) is 12.1. The highest BCUT2D eigenvalue weighted by molar-refractivity contribution is 14.0. The maximum Gasteiger partial charge on any atom is 0.191 e. The van der Waals surface area contributed by atoms with Gasteiger partial charge in [-0.25, -0.2) is 4.99 Å². The Morgan fingerprint density at radius 2 is 1.86 bits per heavy atom. The summed E-state index contributed by atoms with van der Waals surface area (Å²) in [5, 5.41) is 6.51. The van der Waals surface area contributed by atoms with Gasteiger partial charge in [-0.3, -0.25) is 0 Å². The Hall–Kier alpha value is -1.02. The lowest BCUT2D eigenvalue weighted by Crippen LogP contribution is -2.38. The van der Waals surface area contributed by atoms with Gasteiger partial charge in [0.05, 0.1) is 13.7 Å². The molecule has 1 aromatic rings. The number of methoxy groups -OCH3 is 2. The molecule has 0 aromatic heterocycles. The molecule has 0 fully saturated rings. The zero-order valence-electron chi connectivity index (χ0n) is 13.0. The van der Waals surface area contributed by atoms with Gasteiger partial charge >= 0.3 is 0 Å². The van der Waals surface area contributed by atoms with Crippen molar-refractivity contribution in [3.8, 4) is 5.75 Å². The number of nitrogens with one attached hydrogen (secondary N) is 2. The summed E-state index contributed by atoms with van der Waals surface area (Å²) < 4.78 is 10.2. The Balaban J connectivity index is 0.00000400. The van der Waals surface area contributed by atoms with Gasteiger partial charge in [-0.05, 0) is 31.0 Å². The first-order valence-electron chi connectivity index (χ1n) is 6.94. The molecule has 0 spiro atoms. The van der Waals surface area contributed by atoms with Crippen molar-refractivity contribution in [3.05, 3.63) is 29.8 Å². The SMILES string of the molecule is CCNC(=NCc1ccc(OC)cc1)NCCCOC.I. The third kappa shape index (κ3) is 8.77. The van der Waals surface area contributed by atoms with Crippen molar-refractivity contribution in [3.63, 3.8) is 0 Å². The molecular weight excluding hydrogens is 381 g/mol. The molecule has 0 amide bonds. The summed E-state index contributed by atoms with van der Waals surface area (Å²) in [5.74, 6) is 1.70. The first-order valence-corrected chi connectivity index (χ1v) is 6.94. The number of nitrogens with zero attached hydrogens (tertiary/aromatic N) is 1. The molecule has 0 saturated heterocycles. The maximum absolute atomic E-state index is 5.14. The van der Waals surface area contributed by atoms with Crippen LogP contribution in [0.4, 0.5) is 0 Å². The molecule has 0 radical (unpaired) electrons. The summed E-state index contributed by atoms with van der Waals surface area (Å²) >= 11 is 0. The Morgan fingerprint density at radius 3 is 2.43 bits per heavy atom. The number of hydrogen-bond donors (Lipinski definition) is 2. The molecule has 1 aromatic carbocycles. The van der Waals surface area contributed by atoms with Gasteiger partial charge in [0, 0.05) is 26.8 Å². The summed E-state index contributed by atoms with van der Waals surface area (Å²) in [4.78, 5) is 4.55. The number of hydrogen-bond acceptors (Lipinski definition) is 3. The molecule has 0 saturated carbocycles. The van der Waals surface area contributed by atoms with Gasteiger partial charge in [0.15, 0.2) is 5.96 Å². The van der Waals surface area contributed by atoms with Crippen LogP contribution in [-0.4, -0.2) is 39.9 Å². The van der Waals surface area contributed by atoms with Crippen LogP contribution in [0, 0.1) is 0 Å². The van der Waals surface area contributed by atoms with E-state index in [1.54, 1.807) is 14.2 Å². The highest BCUT2D eigenvalue weighted by Crippen LogP contribution is 2.11. The van der Waals surface area contributed by atoms with Crippen LogP contribution < -0.4 is 15.4 Å². The number of rotatable bonds is 8. The highest BCUT2D eigenvalue weighted by Gasteiger charge is 1.98. The molecule has 0 aliphatic carbocycles. The monoisotopic (exact) mass is 407 g/mol. The predicted molar refractivity (Wildman–Crippen MR) is 97.7 cm³/mol. The minimum absolute atomic E-state index is 0. The van der Waals surface area contributed by atoms with E-state index >= 15 is 0 Å². The van der Waals surface area contributed by atoms with Crippen LogP contribution in [0.15, 0.2) is 29.3 Å². The summed E-state index contributed by atoms with van der Waals surface area (Å²) in [7, 11) is 3.38. The van der Waals surface area contributed by atoms with E-state index in [1.165, 1.54) is 0 Å². The molecule has 0 atom stereocenters. The summed E-state index contributed by atoms with van der Waals surface area (Å²) in [6.07, 6.45) is 0.962. The predicted octanol–water partition coefficient (Wildman–Crippen LogP) is 2.40. The van der Waals surface area contributed by atoms with E-state index in [2.05, 4.69) is 22.5 Å². The molecule has 120 valence electrons. The topological polar surface area (TPSA) is 54.9 Å². The molecule has 21 heavy (non-hydrogen) atoms. The molecule has 6 heteroatoms. The van der Waals surface area contributed by atoms with Crippen LogP contribution in [0.2, 0.25) is 0 Å². The molecule has 0 bridgehead atoms. The molecule has 0 unspecified atom stereocenters. The minimum atomic E-state index is 0. The summed E-state index contributed by atoms with van der Waals surface area (Å²) in [6, 6.07) is 7.95. The van der Waals surface area contributed by atoms with Gasteiger partial charge in [0.2, 0.25) is 0 Å². The number of halogens is 1. The summed E-state index contributed by atoms with van der Waals surface area (Å²) in [6.45, 7) is 5.15.